The molecule has 0 fully saturated rings. The Bertz CT molecular complexity index is 1540. The van der Waals surface area contributed by atoms with Gasteiger partial charge in [0.25, 0.3) is 0 Å². The van der Waals surface area contributed by atoms with Crippen LogP contribution in [-0.4, -0.2) is 50.3 Å². The highest BCUT2D eigenvalue weighted by molar-refractivity contribution is 5.92. The molecule has 0 radical (unpaired) electrons. The Hall–Kier alpha value is -5.52. The van der Waals surface area contributed by atoms with Crippen LogP contribution in [-0.2, 0) is 19.1 Å². The lowest BCUT2D eigenvalue weighted by Gasteiger charge is -2.10. The van der Waals surface area contributed by atoms with Gasteiger partial charge in [0, 0.05) is 23.3 Å². The van der Waals surface area contributed by atoms with Crippen molar-refractivity contribution in [3.8, 4) is 23.0 Å². The first-order valence-corrected chi connectivity index (χ1v) is 16.0. The Labute approximate surface area is 289 Å². The normalized spacial score (nSPS) is 10.5. The van der Waals surface area contributed by atoms with Crippen LogP contribution in [0.4, 0.5) is 8.78 Å². The van der Waals surface area contributed by atoms with Crippen molar-refractivity contribution in [3.63, 3.8) is 0 Å². The van der Waals surface area contributed by atoms with Gasteiger partial charge in [0.15, 0.2) is 0 Å². The third-order valence-corrected chi connectivity index (χ3v) is 6.84. The molecule has 0 N–H and O–H groups in total. The smallest absolute Gasteiger partial charge is 0.346 e. The maximum atomic E-state index is 14.7. The molecule has 3 aromatic rings. The van der Waals surface area contributed by atoms with E-state index in [0.29, 0.717) is 50.0 Å². The Morgan fingerprint density at radius 2 is 0.860 bits per heavy atom. The largest absolute Gasteiger partial charge is 0.493 e. The fourth-order valence-electron chi connectivity index (χ4n) is 4.12. The highest BCUT2D eigenvalue weighted by atomic mass is 19.1. The van der Waals surface area contributed by atoms with Crippen molar-refractivity contribution >= 4 is 23.9 Å². The van der Waals surface area contributed by atoms with E-state index in [0.717, 1.165) is 25.0 Å². The Kier molecular flexibility index (Phi) is 15.6. The number of esters is 4. The summed E-state index contributed by atoms with van der Waals surface area (Å²) < 4.78 is 60.9. The Morgan fingerprint density at radius 3 is 1.20 bits per heavy atom. The fourth-order valence-corrected chi connectivity index (χ4v) is 4.12. The van der Waals surface area contributed by atoms with E-state index >= 15 is 0 Å². The van der Waals surface area contributed by atoms with E-state index < -0.39 is 35.5 Å². The average molecular weight is 695 g/mol. The van der Waals surface area contributed by atoms with Gasteiger partial charge >= 0.3 is 23.9 Å². The van der Waals surface area contributed by atoms with Gasteiger partial charge in [-0.05, 0) is 101 Å². The van der Waals surface area contributed by atoms with Crippen LogP contribution >= 0.6 is 0 Å². The molecule has 0 aliphatic carbocycles. The molecular formula is C38H40F2O10. The van der Waals surface area contributed by atoms with Crippen LogP contribution in [0.3, 0.4) is 0 Å². The van der Waals surface area contributed by atoms with Gasteiger partial charge in [0.1, 0.15) is 34.6 Å². The minimum atomic E-state index is -0.948. The van der Waals surface area contributed by atoms with Crippen LogP contribution in [0.5, 0.6) is 23.0 Å². The summed E-state index contributed by atoms with van der Waals surface area (Å²) in [5, 5.41) is 0. The van der Waals surface area contributed by atoms with Crippen molar-refractivity contribution in [1.82, 2.24) is 0 Å². The molecule has 0 aliphatic rings. The second-order valence-electron chi connectivity index (χ2n) is 11.2. The van der Waals surface area contributed by atoms with Crippen LogP contribution in [0.1, 0.15) is 73.1 Å². The van der Waals surface area contributed by atoms with E-state index in [9.17, 15) is 28.0 Å². The quantitative estimate of drug-likeness (QED) is 0.0502. The highest BCUT2D eigenvalue weighted by Crippen LogP contribution is 2.24. The number of ether oxygens (including phenoxy) is 6. The molecule has 0 amide bonds. The van der Waals surface area contributed by atoms with E-state index in [4.69, 9.17) is 28.4 Å². The second kappa shape index (κ2) is 20.1. The number of benzene rings is 3. The fraction of sp³-hybridized carbons (Fsp3) is 0.316. The van der Waals surface area contributed by atoms with E-state index in [1.807, 2.05) is 0 Å². The molecule has 0 heterocycles. The zero-order chi connectivity index (χ0) is 36.5. The maximum absolute atomic E-state index is 14.7. The molecule has 12 heteroatoms. The van der Waals surface area contributed by atoms with Gasteiger partial charge in [-0.1, -0.05) is 13.2 Å². The number of hydrogen-bond donors (Lipinski definition) is 0. The first-order chi connectivity index (χ1) is 23.9. The first kappa shape index (κ1) is 38.9. The van der Waals surface area contributed by atoms with Crippen molar-refractivity contribution in [2.24, 2.45) is 0 Å². The van der Waals surface area contributed by atoms with Gasteiger partial charge in [-0.2, -0.15) is 0 Å². The van der Waals surface area contributed by atoms with E-state index in [1.165, 1.54) is 48.5 Å². The lowest BCUT2D eigenvalue weighted by Crippen LogP contribution is -2.12. The summed E-state index contributed by atoms with van der Waals surface area (Å²) in [6.45, 7) is 11.3. The van der Waals surface area contributed by atoms with Gasteiger partial charge in [-0.25, -0.2) is 28.0 Å². The zero-order valence-corrected chi connectivity index (χ0v) is 28.1. The van der Waals surface area contributed by atoms with E-state index in [2.05, 4.69) is 13.2 Å². The van der Waals surface area contributed by atoms with Gasteiger partial charge in [-0.15, -0.1) is 0 Å². The third kappa shape index (κ3) is 13.2. The van der Waals surface area contributed by atoms with Crippen molar-refractivity contribution in [1.29, 1.82) is 0 Å². The SMILES string of the molecule is C=C(C)C(=O)OCCCCCOc1ccc(C(=O)Oc2ccc(OC(=O)c3ccc(OCCCCCOC(=O)C(=C)C)cc3F)cc2)c(F)c1. The minimum Gasteiger partial charge on any atom is -0.493 e. The molecule has 3 aromatic carbocycles. The van der Waals surface area contributed by atoms with Crippen molar-refractivity contribution in [2.45, 2.75) is 52.4 Å². The number of hydrogen-bond acceptors (Lipinski definition) is 10. The third-order valence-electron chi connectivity index (χ3n) is 6.84. The number of carbonyl (C=O) groups excluding carboxylic acids is 4. The first-order valence-electron chi connectivity index (χ1n) is 16.0. The molecule has 0 saturated carbocycles. The average Bonchev–Trinajstić information content (AvgIpc) is 3.07. The lowest BCUT2D eigenvalue weighted by molar-refractivity contribution is -0.139. The molecule has 10 nitrogen and oxygen atoms in total. The summed E-state index contributed by atoms with van der Waals surface area (Å²) in [5.41, 5.74) is 0.0616. The summed E-state index contributed by atoms with van der Waals surface area (Å²) in [4.78, 5) is 47.8. The highest BCUT2D eigenvalue weighted by Gasteiger charge is 2.18. The molecule has 0 atom stereocenters. The molecule has 0 spiro atoms. The predicted molar refractivity (Wildman–Crippen MR) is 179 cm³/mol. The van der Waals surface area contributed by atoms with Gasteiger partial charge in [-0.3, -0.25) is 0 Å². The molecular weight excluding hydrogens is 654 g/mol. The Morgan fingerprint density at radius 1 is 0.520 bits per heavy atom. The molecule has 3 rings (SSSR count). The standard InChI is InChI=1S/C38H40F2O10/c1-25(2)35(41)47-21-9-5-7-19-45-29-15-17-31(33(39)23-29)37(43)49-27-11-13-28(14-12-27)50-38(44)32-18-16-30(24-34(32)40)46-20-8-6-10-22-48-36(42)26(3)4/h11-18,23-24H,1,3,5-10,19-22H2,2,4H3. The number of rotatable bonds is 20. The van der Waals surface area contributed by atoms with Crippen LogP contribution in [0.15, 0.2) is 85.0 Å². The van der Waals surface area contributed by atoms with Crippen LogP contribution in [0, 0.1) is 11.6 Å². The van der Waals surface area contributed by atoms with Crippen molar-refractivity contribution in [2.75, 3.05) is 26.4 Å². The summed E-state index contributed by atoms with van der Waals surface area (Å²) in [5.74, 6) is -3.82. The van der Waals surface area contributed by atoms with Gasteiger partial charge < -0.3 is 28.4 Å². The number of halogens is 2. The van der Waals surface area contributed by atoms with Crippen molar-refractivity contribution < 1.29 is 56.4 Å². The predicted octanol–water partition coefficient (Wildman–Crippen LogP) is 7.74. The summed E-state index contributed by atoms with van der Waals surface area (Å²) in [6, 6.07) is 12.9. The van der Waals surface area contributed by atoms with Crippen LogP contribution < -0.4 is 18.9 Å². The molecule has 0 saturated heterocycles. The van der Waals surface area contributed by atoms with Gasteiger partial charge in [0.05, 0.1) is 37.6 Å². The topological polar surface area (TPSA) is 124 Å². The Balaban J connectivity index is 1.40. The summed E-state index contributed by atoms with van der Waals surface area (Å²) in [6.07, 6.45) is 4.06. The monoisotopic (exact) mass is 694 g/mol. The minimum absolute atomic E-state index is 0.0593. The van der Waals surface area contributed by atoms with Crippen molar-refractivity contribution in [3.05, 3.63) is 108 Å². The lowest BCUT2D eigenvalue weighted by atomic mass is 10.2. The second-order valence-corrected chi connectivity index (χ2v) is 11.2. The molecule has 266 valence electrons. The maximum Gasteiger partial charge on any atom is 0.346 e. The van der Waals surface area contributed by atoms with E-state index in [-0.39, 0.29) is 47.3 Å². The molecule has 0 unspecified atom stereocenters. The molecule has 0 aromatic heterocycles. The van der Waals surface area contributed by atoms with Crippen LogP contribution in [0.2, 0.25) is 0 Å². The van der Waals surface area contributed by atoms with Crippen LogP contribution in [0.25, 0.3) is 0 Å². The van der Waals surface area contributed by atoms with Gasteiger partial charge in [0.2, 0.25) is 0 Å². The zero-order valence-electron chi connectivity index (χ0n) is 28.1. The van der Waals surface area contributed by atoms with E-state index in [1.54, 1.807) is 13.8 Å². The molecule has 50 heavy (non-hydrogen) atoms. The molecule has 0 aliphatic heterocycles. The number of carbonyl (C=O) groups is 4. The summed E-state index contributed by atoms with van der Waals surface area (Å²) >= 11 is 0. The summed E-state index contributed by atoms with van der Waals surface area (Å²) in [7, 11) is 0. The molecule has 0 bridgehead atoms. The number of unbranched alkanes of at least 4 members (excludes halogenated alkanes) is 4.